The van der Waals surface area contributed by atoms with Gasteiger partial charge in [0, 0.05) is 49.4 Å². The van der Waals surface area contributed by atoms with Crippen molar-refractivity contribution in [1.29, 1.82) is 0 Å². The Morgan fingerprint density at radius 1 is 1.42 bits per heavy atom. The first-order valence-electron chi connectivity index (χ1n) is 7.36. The van der Waals surface area contributed by atoms with Gasteiger partial charge in [-0.1, -0.05) is 0 Å². The van der Waals surface area contributed by atoms with E-state index in [0.29, 0.717) is 42.1 Å². The first kappa shape index (κ1) is 16.3. The minimum Gasteiger partial charge on any atom is -0.496 e. The van der Waals surface area contributed by atoms with Gasteiger partial charge in [0.25, 0.3) is 11.2 Å². The standard InChI is InChI=1S/C15H16N4O4S/c1-23-13-3-2-10(19(21)22)6-9(13)7-18-5-4-12-11(8-18)14(20)17-15(24)16-12/h2-3,6H,4-5,7-8H2,1H3,(H2,16,17,20,24). The second-order valence-electron chi connectivity index (χ2n) is 5.58. The van der Waals surface area contributed by atoms with E-state index < -0.39 is 4.92 Å². The summed E-state index contributed by atoms with van der Waals surface area (Å²) in [5, 5.41) is 11.0. The van der Waals surface area contributed by atoms with Crippen molar-refractivity contribution in [3.8, 4) is 5.75 Å². The van der Waals surface area contributed by atoms with Crippen LogP contribution in [0.25, 0.3) is 0 Å². The molecule has 1 aliphatic heterocycles. The maximum Gasteiger partial charge on any atom is 0.270 e. The Morgan fingerprint density at radius 3 is 2.92 bits per heavy atom. The van der Waals surface area contributed by atoms with Crippen molar-refractivity contribution in [2.45, 2.75) is 19.5 Å². The molecule has 2 heterocycles. The number of aromatic nitrogens is 2. The lowest BCUT2D eigenvalue weighted by Crippen LogP contribution is -2.35. The van der Waals surface area contributed by atoms with Crippen LogP contribution in [0.15, 0.2) is 23.0 Å². The zero-order chi connectivity index (χ0) is 17.3. The number of benzene rings is 1. The average Bonchev–Trinajstić information content (AvgIpc) is 2.55. The largest absolute Gasteiger partial charge is 0.496 e. The second kappa shape index (κ2) is 6.54. The van der Waals surface area contributed by atoms with Crippen molar-refractivity contribution >= 4 is 17.9 Å². The van der Waals surface area contributed by atoms with E-state index in [4.69, 9.17) is 17.0 Å². The van der Waals surface area contributed by atoms with Gasteiger partial charge >= 0.3 is 0 Å². The molecule has 0 saturated carbocycles. The van der Waals surface area contributed by atoms with Gasteiger partial charge in [0.1, 0.15) is 5.75 Å². The third-order valence-electron chi connectivity index (χ3n) is 4.06. The van der Waals surface area contributed by atoms with E-state index in [0.717, 1.165) is 11.3 Å². The molecule has 8 nitrogen and oxygen atoms in total. The predicted octanol–water partition coefficient (Wildman–Crippen LogP) is 1.91. The second-order valence-corrected chi connectivity index (χ2v) is 5.99. The molecule has 3 rings (SSSR count). The SMILES string of the molecule is COc1ccc([N+](=O)[O-])cc1CN1CCc2[nH]c(=S)[nH]c(=O)c2C1. The van der Waals surface area contributed by atoms with Crippen LogP contribution in [0, 0.1) is 14.9 Å². The van der Waals surface area contributed by atoms with Gasteiger partial charge in [-0.2, -0.15) is 0 Å². The first-order chi connectivity index (χ1) is 11.5. The van der Waals surface area contributed by atoms with Gasteiger partial charge in [-0.25, -0.2) is 0 Å². The summed E-state index contributed by atoms with van der Waals surface area (Å²) in [6.45, 7) is 1.62. The van der Waals surface area contributed by atoms with Gasteiger partial charge in [-0.3, -0.25) is 24.8 Å². The lowest BCUT2D eigenvalue weighted by Gasteiger charge is -2.28. The molecule has 24 heavy (non-hydrogen) atoms. The van der Waals surface area contributed by atoms with E-state index in [1.807, 2.05) is 0 Å². The number of nitro benzene ring substituents is 1. The van der Waals surface area contributed by atoms with Crippen LogP contribution >= 0.6 is 12.2 Å². The molecule has 1 aromatic carbocycles. The number of ether oxygens (including phenoxy) is 1. The average molecular weight is 348 g/mol. The predicted molar refractivity (Wildman–Crippen MR) is 89.7 cm³/mol. The summed E-state index contributed by atoms with van der Waals surface area (Å²) in [6, 6.07) is 4.52. The number of nitrogens with one attached hydrogen (secondary N) is 2. The highest BCUT2D eigenvalue weighted by atomic mass is 32.1. The lowest BCUT2D eigenvalue weighted by atomic mass is 10.1. The molecule has 2 aromatic rings. The normalized spacial score (nSPS) is 14.2. The summed E-state index contributed by atoms with van der Waals surface area (Å²) in [7, 11) is 1.53. The van der Waals surface area contributed by atoms with Crippen molar-refractivity contribution < 1.29 is 9.66 Å². The summed E-state index contributed by atoms with van der Waals surface area (Å²) in [6.07, 6.45) is 0.667. The molecule has 1 aromatic heterocycles. The number of aromatic amines is 2. The van der Waals surface area contributed by atoms with Gasteiger partial charge in [0.05, 0.1) is 17.6 Å². The van der Waals surface area contributed by atoms with E-state index in [1.54, 1.807) is 6.07 Å². The molecule has 0 saturated heterocycles. The molecule has 1 aliphatic rings. The quantitative estimate of drug-likeness (QED) is 0.497. The molecule has 0 unspecified atom stereocenters. The topological polar surface area (TPSA) is 104 Å². The Balaban J connectivity index is 1.87. The highest BCUT2D eigenvalue weighted by Crippen LogP contribution is 2.26. The third kappa shape index (κ3) is 3.22. The smallest absolute Gasteiger partial charge is 0.270 e. The lowest BCUT2D eigenvalue weighted by molar-refractivity contribution is -0.385. The van der Waals surface area contributed by atoms with Crippen LogP contribution in [0.2, 0.25) is 0 Å². The van der Waals surface area contributed by atoms with E-state index >= 15 is 0 Å². The minimum atomic E-state index is -0.431. The van der Waals surface area contributed by atoms with Gasteiger partial charge in [0.15, 0.2) is 4.77 Å². The van der Waals surface area contributed by atoms with E-state index in [1.165, 1.54) is 19.2 Å². The fourth-order valence-electron chi connectivity index (χ4n) is 2.89. The molecular weight excluding hydrogens is 332 g/mol. The molecule has 0 amide bonds. The molecule has 0 radical (unpaired) electrons. The third-order valence-corrected chi connectivity index (χ3v) is 4.26. The summed E-state index contributed by atoms with van der Waals surface area (Å²) in [4.78, 5) is 30.3. The highest BCUT2D eigenvalue weighted by Gasteiger charge is 2.21. The minimum absolute atomic E-state index is 0.0186. The Bertz CT molecular complexity index is 905. The highest BCUT2D eigenvalue weighted by molar-refractivity contribution is 7.71. The zero-order valence-corrected chi connectivity index (χ0v) is 13.8. The number of methoxy groups -OCH3 is 1. The molecule has 126 valence electrons. The number of H-pyrrole nitrogens is 2. The molecule has 0 fully saturated rings. The van der Waals surface area contributed by atoms with E-state index in [9.17, 15) is 14.9 Å². The summed E-state index contributed by atoms with van der Waals surface area (Å²) >= 11 is 4.99. The van der Waals surface area contributed by atoms with Crippen molar-refractivity contribution in [3.05, 3.63) is 60.3 Å². The number of fused-ring (bicyclic) bond motifs is 1. The molecule has 0 spiro atoms. The van der Waals surface area contributed by atoms with Crippen LogP contribution in [0.3, 0.4) is 0 Å². The van der Waals surface area contributed by atoms with Crippen molar-refractivity contribution in [1.82, 2.24) is 14.9 Å². The molecule has 0 atom stereocenters. The van der Waals surface area contributed by atoms with Crippen molar-refractivity contribution in [2.75, 3.05) is 13.7 Å². The van der Waals surface area contributed by atoms with E-state index in [2.05, 4.69) is 14.9 Å². The van der Waals surface area contributed by atoms with Crippen LogP contribution in [-0.2, 0) is 19.5 Å². The van der Waals surface area contributed by atoms with Crippen molar-refractivity contribution in [3.63, 3.8) is 0 Å². The van der Waals surface area contributed by atoms with Crippen molar-refractivity contribution in [2.24, 2.45) is 0 Å². The summed E-state index contributed by atoms with van der Waals surface area (Å²) < 4.78 is 5.62. The fraction of sp³-hybridized carbons (Fsp3) is 0.333. The zero-order valence-electron chi connectivity index (χ0n) is 13.0. The van der Waals surface area contributed by atoms with Crippen LogP contribution in [0.5, 0.6) is 5.75 Å². The Kier molecular flexibility index (Phi) is 4.45. The summed E-state index contributed by atoms with van der Waals surface area (Å²) in [5.41, 5.74) is 2.05. The Morgan fingerprint density at radius 2 is 2.21 bits per heavy atom. The first-order valence-corrected chi connectivity index (χ1v) is 7.77. The number of rotatable bonds is 4. The molecule has 2 N–H and O–H groups in total. The van der Waals surface area contributed by atoms with Crippen LogP contribution < -0.4 is 10.3 Å². The number of non-ortho nitro benzene ring substituents is 1. The number of nitrogens with zero attached hydrogens (tertiary/aromatic N) is 2. The van der Waals surface area contributed by atoms with Crippen LogP contribution in [0.1, 0.15) is 16.8 Å². The Labute approximate surface area is 142 Å². The number of nitro groups is 1. The van der Waals surface area contributed by atoms with Gasteiger partial charge in [-0.15, -0.1) is 0 Å². The van der Waals surface area contributed by atoms with Crippen LogP contribution in [0.4, 0.5) is 5.69 Å². The maximum absolute atomic E-state index is 12.1. The van der Waals surface area contributed by atoms with Crippen LogP contribution in [-0.4, -0.2) is 33.4 Å². The van der Waals surface area contributed by atoms with E-state index in [-0.39, 0.29) is 11.2 Å². The fourth-order valence-corrected chi connectivity index (χ4v) is 3.11. The number of hydrogen-bond donors (Lipinski definition) is 2. The van der Waals surface area contributed by atoms with Gasteiger partial charge < -0.3 is 9.72 Å². The monoisotopic (exact) mass is 348 g/mol. The Hall–Kier alpha value is -2.52. The van der Waals surface area contributed by atoms with Gasteiger partial charge in [0.2, 0.25) is 0 Å². The molecule has 9 heteroatoms. The maximum atomic E-state index is 12.1. The number of hydrogen-bond acceptors (Lipinski definition) is 6. The van der Waals surface area contributed by atoms with Gasteiger partial charge in [-0.05, 0) is 18.3 Å². The molecule has 0 aliphatic carbocycles. The molecular formula is C15H16N4O4S. The summed E-state index contributed by atoms with van der Waals surface area (Å²) in [5.74, 6) is 0.591. The molecule has 0 bridgehead atoms.